The highest BCUT2D eigenvalue weighted by atomic mass is 32.2. The summed E-state index contributed by atoms with van der Waals surface area (Å²) in [4.78, 5) is 2.37. The van der Waals surface area contributed by atoms with E-state index < -0.39 is 10.1 Å². The van der Waals surface area contributed by atoms with Crippen LogP contribution < -0.4 is 0 Å². The van der Waals surface area contributed by atoms with Crippen molar-refractivity contribution in [2.45, 2.75) is 45.1 Å². The number of fused-ring (bicyclic) bond motifs is 1. The van der Waals surface area contributed by atoms with Gasteiger partial charge in [-0.2, -0.15) is 8.42 Å². The van der Waals surface area contributed by atoms with E-state index in [1.54, 1.807) is 0 Å². The molecule has 4 nitrogen and oxygen atoms in total. The molecule has 0 spiro atoms. The fourth-order valence-electron chi connectivity index (χ4n) is 5.32. The van der Waals surface area contributed by atoms with E-state index in [0.717, 1.165) is 25.9 Å². The van der Waals surface area contributed by atoms with Gasteiger partial charge in [-0.1, -0.05) is 72.8 Å². The second-order valence-electron chi connectivity index (χ2n) is 9.49. The smallest absolute Gasteiger partial charge is 0.264 e. The van der Waals surface area contributed by atoms with Crippen LogP contribution in [0.25, 0.3) is 0 Å². The number of rotatable bonds is 8. The second kappa shape index (κ2) is 9.80. The van der Waals surface area contributed by atoms with Crippen LogP contribution in [-0.4, -0.2) is 36.7 Å². The van der Waals surface area contributed by atoms with Crippen LogP contribution in [0.2, 0.25) is 0 Å². The zero-order valence-corrected chi connectivity index (χ0v) is 20.3. The molecule has 0 amide bonds. The van der Waals surface area contributed by atoms with Crippen LogP contribution in [0.4, 0.5) is 0 Å². The molecular formula is C28H33NO3S. The maximum Gasteiger partial charge on any atom is 0.264 e. The Morgan fingerprint density at radius 1 is 0.848 bits per heavy atom. The van der Waals surface area contributed by atoms with Gasteiger partial charge in [0.15, 0.2) is 0 Å². The minimum atomic E-state index is -3.95. The van der Waals surface area contributed by atoms with Crippen molar-refractivity contribution in [2.24, 2.45) is 0 Å². The molecule has 0 aliphatic carbocycles. The predicted octanol–water partition coefficient (Wildman–Crippen LogP) is 5.12. The first-order valence-electron chi connectivity index (χ1n) is 11.6. The Morgan fingerprint density at radius 3 is 1.97 bits per heavy atom. The molecule has 4 rings (SSSR count). The second-order valence-corrected chi connectivity index (χ2v) is 11.1. The van der Waals surface area contributed by atoms with Gasteiger partial charge in [0.2, 0.25) is 0 Å². The summed E-state index contributed by atoms with van der Waals surface area (Å²) < 4.78 is 31.8. The first-order chi connectivity index (χ1) is 15.8. The quantitative estimate of drug-likeness (QED) is 0.471. The summed E-state index contributed by atoms with van der Waals surface area (Å²) in [5, 5.41) is 0. The maximum absolute atomic E-state index is 11.3. The number of hydrogen-bond donors (Lipinski definition) is 1. The van der Waals surface area contributed by atoms with E-state index in [9.17, 15) is 13.0 Å². The van der Waals surface area contributed by atoms with Crippen molar-refractivity contribution in [2.75, 3.05) is 18.8 Å². The van der Waals surface area contributed by atoms with Crippen molar-refractivity contribution in [1.29, 1.82) is 0 Å². The van der Waals surface area contributed by atoms with Gasteiger partial charge in [0.25, 0.3) is 10.1 Å². The fourth-order valence-corrected chi connectivity index (χ4v) is 5.82. The lowest BCUT2D eigenvalue weighted by Gasteiger charge is -2.45. The maximum atomic E-state index is 11.3. The Hall–Kier alpha value is -2.47. The van der Waals surface area contributed by atoms with E-state index in [-0.39, 0.29) is 11.2 Å². The van der Waals surface area contributed by atoms with Gasteiger partial charge in [0.05, 0.1) is 5.75 Å². The van der Waals surface area contributed by atoms with E-state index in [0.29, 0.717) is 13.0 Å². The van der Waals surface area contributed by atoms with Crippen LogP contribution in [0.5, 0.6) is 0 Å². The van der Waals surface area contributed by atoms with Crippen molar-refractivity contribution < 1.29 is 13.0 Å². The van der Waals surface area contributed by atoms with Gasteiger partial charge in [0, 0.05) is 18.5 Å². The van der Waals surface area contributed by atoms with Gasteiger partial charge in [-0.15, -0.1) is 0 Å². The van der Waals surface area contributed by atoms with Crippen molar-refractivity contribution in [3.63, 3.8) is 0 Å². The minimum absolute atomic E-state index is 0.134. The van der Waals surface area contributed by atoms with Gasteiger partial charge in [-0.05, 0) is 73.0 Å². The summed E-state index contributed by atoms with van der Waals surface area (Å²) in [6, 6.07) is 25.9. The lowest BCUT2D eigenvalue weighted by atomic mass is 9.67. The van der Waals surface area contributed by atoms with Crippen LogP contribution in [0.15, 0.2) is 72.8 Å². The first kappa shape index (κ1) is 23.7. The van der Waals surface area contributed by atoms with Gasteiger partial charge in [-0.3, -0.25) is 9.45 Å². The molecule has 1 aliphatic heterocycles. The average Bonchev–Trinajstić information content (AvgIpc) is 2.76. The molecule has 1 N–H and O–H groups in total. The van der Waals surface area contributed by atoms with Crippen LogP contribution in [0.3, 0.4) is 0 Å². The summed E-state index contributed by atoms with van der Waals surface area (Å²) in [5.41, 5.74) is 7.84. The molecule has 0 saturated heterocycles. The normalized spacial score (nSPS) is 15.8. The summed E-state index contributed by atoms with van der Waals surface area (Å²) in [6.07, 6.45) is 2.26. The van der Waals surface area contributed by atoms with Crippen LogP contribution in [0, 0.1) is 13.8 Å². The third kappa shape index (κ3) is 5.72. The first-order valence-corrected chi connectivity index (χ1v) is 13.2. The zero-order valence-electron chi connectivity index (χ0n) is 19.5. The SMILES string of the molecule is Cc1ccccc1CC1(Cc2ccccc2C)CN(CCCS(=O)(=O)O)Cc2ccccc21. The number of hydrogen-bond acceptors (Lipinski definition) is 3. The molecule has 3 aromatic carbocycles. The molecule has 0 fully saturated rings. The van der Waals surface area contributed by atoms with E-state index in [2.05, 4.69) is 91.5 Å². The topological polar surface area (TPSA) is 57.6 Å². The third-order valence-corrected chi connectivity index (χ3v) is 7.77. The Bertz CT molecular complexity index is 1170. The lowest BCUT2D eigenvalue weighted by Crippen LogP contribution is -2.49. The Kier molecular flexibility index (Phi) is 7.03. The molecule has 1 aliphatic rings. The molecule has 174 valence electrons. The molecule has 33 heavy (non-hydrogen) atoms. The van der Waals surface area contributed by atoms with Gasteiger partial charge < -0.3 is 0 Å². The average molecular weight is 464 g/mol. The summed E-state index contributed by atoms with van der Waals surface area (Å²) >= 11 is 0. The number of nitrogens with zero attached hydrogens (tertiary/aromatic N) is 1. The van der Waals surface area contributed by atoms with Crippen molar-refractivity contribution >= 4 is 10.1 Å². The highest BCUT2D eigenvalue weighted by molar-refractivity contribution is 7.85. The highest BCUT2D eigenvalue weighted by Gasteiger charge is 2.40. The predicted molar refractivity (Wildman–Crippen MR) is 134 cm³/mol. The summed E-state index contributed by atoms with van der Waals surface area (Å²) in [7, 11) is -3.95. The Labute approximate surface area is 198 Å². The Balaban J connectivity index is 1.76. The van der Waals surface area contributed by atoms with E-state index in [4.69, 9.17) is 0 Å². The standard InChI is InChI=1S/C28H33NO3S/c1-22-10-3-5-12-24(22)18-28(19-25-13-6-4-11-23(25)2)21-29(16-9-17-33(30,31)32)20-26-14-7-8-15-27(26)28/h3-8,10-15H,9,16-21H2,1-2H3,(H,30,31,32). The van der Waals surface area contributed by atoms with Crippen molar-refractivity contribution in [1.82, 2.24) is 4.90 Å². The van der Waals surface area contributed by atoms with E-state index in [1.165, 1.54) is 33.4 Å². The molecule has 3 aromatic rings. The van der Waals surface area contributed by atoms with Crippen molar-refractivity contribution in [3.05, 3.63) is 106 Å². The van der Waals surface area contributed by atoms with Gasteiger partial charge in [0.1, 0.15) is 0 Å². The zero-order chi connectivity index (χ0) is 23.5. The minimum Gasteiger partial charge on any atom is -0.298 e. The largest absolute Gasteiger partial charge is 0.298 e. The molecule has 0 aromatic heterocycles. The van der Waals surface area contributed by atoms with Crippen molar-refractivity contribution in [3.8, 4) is 0 Å². The van der Waals surface area contributed by atoms with Crippen LogP contribution >= 0.6 is 0 Å². The van der Waals surface area contributed by atoms with Crippen LogP contribution in [0.1, 0.15) is 39.8 Å². The number of aryl methyl sites for hydroxylation is 2. The molecule has 1 heterocycles. The monoisotopic (exact) mass is 463 g/mol. The Morgan fingerprint density at radius 2 is 1.39 bits per heavy atom. The fraction of sp³-hybridized carbons (Fsp3) is 0.357. The molecule has 0 bridgehead atoms. The highest BCUT2D eigenvalue weighted by Crippen LogP contribution is 2.40. The molecule has 5 heteroatoms. The number of benzene rings is 3. The lowest BCUT2D eigenvalue weighted by molar-refractivity contribution is 0.172. The van der Waals surface area contributed by atoms with E-state index in [1.807, 2.05) is 0 Å². The summed E-state index contributed by atoms with van der Waals surface area (Å²) in [5.74, 6) is -0.201. The molecular weight excluding hydrogens is 430 g/mol. The van der Waals surface area contributed by atoms with Crippen LogP contribution in [-0.2, 0) is 34.9 Å². The molecule has 0 atom stereocenters. The van der Waals surface area contributed by atoms with Gasteiger partial charge in [-0.25, -0.2) is 0 Å². The third-order valence-electron chi connectivity index (χ3n) is 6.97. The molecule has 0 saturated carbocycles. The van der Waals surface area contributed by atoms with Gasteiger partial charge >= 0.3 is 0 Å². The molecule has 0 radical (unpaired) electrons. The summed E-state index contributed by atoms with van der Waals surface area (Å²) in [6.45, 7) is 6.63. The van der Waals surface area contributed by atoms with E-state index >= 15 is 0 Å². The molecule has 0 unspecified atom stereocenters.